The molecule has 0 aliphatic rings. The third kappa shape index (κ3) is 3.87. The van der Waals surface area contributed by atoms with E-state index in [-0.39, 0.29) is 15.7 Å². The van der Waals surface area contributed by atoms with Crippen LogP contribution in [0.4, 0.5) is 5.69 Å². The molecule has 0 spiro atoms. The van der Waals surface area contributed by atoms with Gasteiger partial charge in [0.05, 0.1) is 9.79 Å². The predicted octanol–water partition coefficient (Wildman–Crippen LogP) is 3.77. The third-order valence-electron chi connectivity index (χ3n) is 3.45. The van der Waals surface area contributed by atoms with E-state index in [0.29, 0.717) is 11.6 Å². The van der Waals surface area contributed by atoms with Crippen molar-refractivity contribution in [1.29, 1.82) is 0 Å². The first-order valence-corrected chi connectivity index (χ1v) is 8.71. The first-order valence-electron chi connectivity index (χ1n) is 7.23. The van der Waals surface area contributed by atoms with Crippen LogP contribution in [0.2, 0.25) is 0 Å². The second kappa shape index (κ2) is 6.79. The smallest absolute Gasteiger partial charge is 0.247 e. The van der Waals surface area contributed by atoms with Crippen molar-refractivity contribution in [1.82, 2.24) is 0 Å². The van der Waals surface area contributed by atoms with Crippen LogP contribution >= 0.6 is 0 Å². The Morgan fingerprint density at radius 3 is 2.30 bits per heavy atom. The fourth-order valence-electron chi connectivity index (χ4n) is 2.10. The zero-order valence-corrected chi connectivity index (χ0v) is 13.9. The van der Waals surface area contributed by atoms with Crippen LogP contribution in [0, 0.1) is 0 Å². The van der Waals surface area contributed by atoms with Crippen molar-refractivity contribution in [2.24, 2.45) is 0 Å². The molecular formula is C18H19NO3S. The minimum atomic E-state index is -3.62. The minimum absolute atomic E-state index is 0.136. The normalized spacial score (nSPS) is 11.3. The molecule has 5 heteroatoms. The van der Waals surface area contributed by atoms with Crippen LogP contribution < -0.4 is 5.32 Å². The van der Waals surface area contributed by atoms with E-state index >= 15 is 0 Å². The summed E-state index contributed by atoms with van der Waals surface area (Å²) in [6.07, 6.45) is 1.13. The van der Waals surface area contributed by atoms with Gasteiger partial charge >= 0.3 is 0 Å². The van der Waals surface area contributed by atoms with Crippen molar-refractivity contribution in [3.8, 4) is 0 Å². The lowest BCUT2D eigenvalue weighted by Gasteiger charge is -2.09. The molecule has 0 aromatic heterocycles. The minimum Gasteiger partial charge on any atom is -0.322 e. The molecule has 0 bridgehead atoms. The van der Waals surface area contributed by atoms with E-state index in [1.807, 2.05) is 12.1 Å². The van der Waals surface area contributed by atoms with E-state index in [9.17, 15) is 13.2 Å². The molecule has 120 valence electrons. The molecule has 0 aliphatic heterocycles. The molecule has 0 fully saturated rings. The molecule has 0 unspecified atom stereocenters. The number of hydrogen-bond acceptors (Lipinski definition) is 3. The van der Waals surface area contributed by atoms with Gasteiger partial charge in [-0.2, -0.15) is 0 Å². The average molecular weight is 329 g/mol. The molecule has 1 N–H and O–H groups in total. The highest BCUT2D eigenvalue weighted by Crippen LogP contribution is 2.25. The zero-order chi connectivity index (χ0) is 17.0. The first-order chi connectivity index (χ1) is 10.8. The molecule has 2 aromatic carbocycles. The van der Waals surface area contributed by atoms with E-state index in [2.05, 4.69) is 25.7 Å². The fraction of sp³-hybridized carbons (Fsp3) is 0.167. The first kappa shape index (κ1) is 17.0. The van der Waals surface area contributed by atoms with Gasteiger partial charge in [0.25, 0.3) is 0 Å². The highest BCUT2D eigenvalue weighted by Gasteiger charge is 2.18. The van der Waals surface area contributed by atoms with Gasteiger partial charge in [-0.3, -0.25) is 4.79 Å². The molecule has 0 heterocycles. The fourth-order valence-corrected chi connectivity index (χ4v) is 3.41. The zero-order valence-electron chi connectivity index (χ0n) is 13.1. The van der Waals surface area contributed by atoms with Gasteiger partial charge in [-0.15, -0.1) is 0 Å². The quantitative estimate of drug-likeness (QED) is 0.849. The molecule has 0 saturated carbocycles. The van der Waals surface area contributed by atoms with E-state index in [4.69, 9.17) is 0 Å². The van der Waals surface area contributed by atoms with Crippen molar-refractivity contribution in [2.75, 3.05) is 5.32 Å². The molecule has 0 saturated heterocycles. The number of benzene rings is 2. The van der Waals surface area contributed by atoms with Crippen LogP contribution in [0.15, 0.2) is 71.0 Å². The Kier molecular flexibility index (Phi) is 5.01. The van der Waals surface area contributed by atoms with Crippen molar-refractivity contribution < 1.29 is 13.2 Å². The van der Waals surface area contributed by atoms with Crippen molar-refractivity contribution >= 4 is 21.4 Å². The number of carbonyl (C=O) groups is 1. The highest BCUT2D eigenvalue weighted by molar-refractivity contribution is 7.91. The van der Waals surface area contributed by atoms with Gasteiger partial charge in [0, 0.05) is 5.69 Å². The second-order valence-electron chi connectivity index (χ2n) is 5.45. The predicted molar refractivity (Wildman–Crippen MR) is 91.3 cm³/mol. The Morgan fingerprint density at radius 2 is 1.74 bits per heavy atom. The summed E-state index contributed by atoms with van der Waals surface area (Å²) >= 11 is 0. The standard InChI is InChI=1S/C18H19NO3S/c1-4-18(20)19-15-6-5-7-17(12-15)23(21,22)16-10-8-14(9-11-16)13(2)3/h4-13H,1H2,2-3H3,(H,19,20). The summed E-state index contributed by atoms with van der Waals surface area (Å²) < 4.78 is 25.4. The van der Waals surface area contributed by atoms with Crippen molar-refractivity contribution in [2.45, 2.75) is 29.6 Å². The molecule has 0 aliphatic carbocycles. The van der Waals surface area contributed by atoms with Gasteiger partial charge in [0.15, 0.2) is 0 Å². The lowest BCUT2D eigenvalue weighted by Crippen LogP contribution is -2.08. The SMILES string of the molecule is C=CC(=O)Nc1cccc(S(=O)(=O)c2ccc(C(C)C)cc2)c1. The Morgan fingerprint density at radius 1 is 1.09 bits per heavy atom. The third-order valence-corrected chi connectivity index (χ3v) is 5.22. The molecule has 23 heavy (non-hydrogen) atoms. The van der Waals surface area contributed by atoms with Crippen molar-refractivity contribution in [3.05, 3.63) is 66.7 Å². The van der Waals surface area contributed by atoms with Gasteiger partial charge in [-0.05, 0) is 47.9 Å². The highest BCUT2D eigenvalue weighted by atomic mass is 32.2. The van der Waals surface area contributed by atoms with Crippen LogP contribution in [-0.4, -0.2) is 14.3 Å². The summed E-state index contributed by atoms with van der Waals surface area (Å²) in [5.74, 6) is -0.0509. The van der Waals surface area contributed by atoms with Crippen LogP contribution in [0.5, 0.6) is 0 Å². The van der Waals surface area contributed by atoms with Gasteiger partial charge < -0.3 is 5.32 Å². The summed E-state index contributed by atoms with van der Waals surface area (Å²) in [5.41, 5.74) is 1.49. The topological polar surface area (TPSA) is 63.2 Å². The van der Waals surface area contributed by atoms with Gasteiger partial charge in [-0.25, -0.2) is 8.42 Å². The Hall–Kier alpha value is -2.40. The lowest BCUT2D eigenvalue weighted by atomic mass is 10.0. The molecule has 2 rings (SSSR count). The summed E-state index contributed by atoms with van der Waals surface area (Å²) in [6.45, 7) is 7.47. The van der Waals surface area contributed by atoms with E-state index in [0.717, 1.165) is 11.6 Å². The van der Waals surface area contributed by atoms with E-state index in [1.165, 1.54) is 12.1 Å². The van der Waals surface area contributed by atoms with Crippen LogP contribution in [0.3, 0.4) is 0 Å². The number of sulfone groups is 1. The molecule has 0 radical (unpaired) electrons. The summed E-state index contributed by atoms with van der Waals surface area (Å²) in [5, 5.41) is 2.56. The van der Waals surface area contributed by atoms with Crippen LogP contribution in [0.1, 0.15) is 25.3 Å². The van der Waals surface area contributed by atoms with Gasteiger partial charge in [0.2, 0.25) is 15.7 Å². The monoisotopic (exact) mass is 329 g/mol. The molecule has 0 atom stereocenters. The van der Waals surface area contributed by atoms with Crippen LogP contribution in [0.25, 0.3) is 0 Å². The number of anilines is 1. The maximum absolute atomic E-state index is 12.7. The number of amides is 1. The summed E-state index contributed by atoms with van der Waals surface area (Å²) in [4.78, 5) is 11.7. The largest absolute Gasteiger partial charge is 0.322 e. The average Bonchev–Trinajstić information content (AvgIpc) is 2.55. The summed E-state index contributed by atoms with van der Waals surface area (Å²) in [7, 11) is -3.62. The van der Waals surface area contributed by atoms with Gasteiger partial charge in [-0.1, -0.05) is 38.6 Å². The Labute approximate surface area is 136 Å². The maximum Gasteiger partial charge on any atom is 0.247 e. The van der Waals surface area contributed by atoms with E-state index < -0.39 is 9.84 Å². The second-order valence-corrected chi connectivity index (χ2v) is 7.40. The Bertz CT molecular complexity index is 822. The van der Waals surface area contributed by atoms with E-state index in [1.54, 1.807) is 24.3 Å². The number of rotatable bonds is 5. The molecular weight excluding hydrogens is 310 g/mol. The lowest BCUT2D eigenvalue weighted by molar-refractivity contribution is -0.111. The number of carbonyl (C=O) groups excluding carboxylic acids is 1. The number of nitrogens with one attached hydrogen (secondary N) is 1. The van der Waals surface area contributed by atoms with Crippen LogP contribution in [-0.2, 0) is 14.6 Å². The summed E-state index contributed by atoms with van der Waals surface area (Å²) in [6, 6.07) is 13.0. The molecule has 2 aromatic rings. The molecule has 1 amide bonds. The molecule has 4 nitrogen and oxygen atoms in total. The van der Waals surface area contributed by atoms with Crippen molar-refractivity contribution in [3.63, 3.8) is 0 Å². The number of hydrogen-bond donors (Lipinski definition) is 1. The maximum atomic E-state index is 12.7. The Balaban J connectivity index is 2.37. The van der Waals surface area contributed by atoms with Gasteiger partial charge in [0.1, 0.15) is 0 Å².